The number of carbonyl (C=O) groups excluding carboxylic acids is 4. The molecule has 0 spiro atoms. The zero-order chi connectivity index (χ0) is 56.2. The Morgan fingerprint density at radius 2 is 1.61 bits per heavy atom. The molecule has 9 rings (SSSR count). The van der Waals surface area contributed by atoms with E-state index in [1.165, 1.54) is 11.1 Å². The van der Waals surface area contributed by atoms with Crippen molar-refractivity contribution in [2.45, 2.75) is 78.1 Å². The molecule has 3 aliphatic rings. The molecule has 0 radical (unpaired) electrons. The number of aryl methyl sites for hydroxylation is 1. The molecule has 3 aliphatic heterocycles. The molecule has 6 heterocycles. The molecular formula is C57H68F2N10O8S2. The number of pyridine rings is 1. The number of benzene rings is 3. The third-order valence-corrected chi connectivity index (χ3v) is 17.5. The number of piperazine rings is 1. The van der Waals surface area contributed by atoms with Gasteiger partial charge in [0.25, 0.3) is 0 Å². The molecule has 6 N–H and O–H groups in total. The van der Waals surface area contributed by atoms with Crippen LogP contribution in [-0.2, 0) is 31.0 Å². The van der Waals surface area contributed by atoms with Crippen molar-refractivity contribution < 1.29 is 46.6 Å². The zero-order valence-corrected chi connectivity index (χ0v) is 46.4. The van der Waals surface area contributed by atoms with E-state index in [1.807, 2.05) is 86.5 Å². The molecule has 3 atom stereocenters. The van der Waals surface area contributed by atoms with Crippen molar-refractivity contribution in [3.05, 3.63) is 119 Å². The van der Waals surface area contributed by atoms with Crippen LogP contribution < -0.4 is 20.3 Å². The number of halogens is 2. The quantitative estimate of drug-likeness (QED) is 0.0517. The Morgan fingerprint density at radius 1 is 0.899 bits per heavy atom. The minimum atomic E-state index is -4.08. The fourth-order valence-corrected chi connectivity index (χ4v) is 12.6. The van der Waals surface area contributed by atoms with E-state index in [-0.39, 0.29) is 49.9 Å². The molecule has 3 aromatic heterocycles. The van der Waals surface area contributed by atoms with Crippen molar-refractivity contribution in [3.63, 3.8) is 0 Å². The smallest absolute Gasteiger partial charge is 0.246 e. The summed E-state index contributed by atoms with van der Waals surface area (Å²) in [7, 11) is -4.08. The Bertz CT molecular complexity index is 3280. The van der Waals surface area contributed by atoms with Crippen molar-refractivity contribution >= 4 is 67.3 Å². The van der Waals surface area contributed by atoms with Gasteiger partial charge in [0.1, 0.15) is 23.5 Å². The molecule has 79 heavy (non-hydrogen) atoms. The van der Waals surface area contributed by atoms with Crippen LogP contribution in [0.1, 0.15) is 73.6 Å². The number of piperidine rings is 1. The number of hydrogen-bond donors (Lipinski definition) is 6. The van der Waals surface area contributed by atoms with E-state index in [4.69, 9.17) is 5.11 Å². The molecule has 0 saturated carbocycles. The number of nitrogens with zero attached hydrogens (tertiary/aromatic N) is 6. The van der Waals surface area contributed by atoms with Crippen LogP contribution in [0.15, 0.2) is 84.6 Å². The topological polar surface area (TPSA) is 233 Å². The number of likely N-dealkylation sites (tertiary alicyclic amines) is 2. The van der Waals surface area contributed by atoms with Crippen LogP contribution in [0, 0.1) is 29.9 Å². The van der Waals surface area contributed by atoms with Crippen LogP contribution >= 0.6 is 11.3 Å². The maximum atomic E-state index is 15.6. The van der Waals surface area contributed by atoms with Crippen LogP contribution in [0.5, 0.6) is 0 Å². The summed E-state index contributed by atoms with van der Waals surface area (Å²) < 4.78 is 57.6. The number of aromatic amines is 1. The molecule has 3 amide bonds. The molecule has 18 nitrogen and oxygen atoms in total. The predicted molar refractivity (Wildman–Crippen MR) is 300 cm³/mol. The second-order valence-electron chi connectivity index (χ2n) is 21.9. The summed E-state index contributed by atoms with van der Waals surface area (Å²) >= 11 is 1.57. The normalized spacial score (nSPS) is 18.2. The second-order valence-corrected chi connectivity index (χ2v) is 24.6. The number of ketones is 1. The largest absolute Gasteiger partial charge is 0.396 e. The maximum Gasteiger partial charge on any atom is 0.246 e. The summed E-state index contributed by atoms with van der Waals surface area (Å²) in [6.45, 7) is 13.5. The van der Waals surface area contributed by atoms with E-state index in [1.54, 1.807) is 23.6 Å². The van der Waals surface area contributed by atoms with E-state index >= 15 is 8.78 Å². The van der Waals surface area contributed by atoms with Crippen molar-refractivity contribution in [2.24, 2.45) is 11.3 Å². The first-order chi connectivity index (χ1) is 37.7. The van der Waals surface area contributed by atoms with Gasteiger partial charge in [-0.25, -0.2) is 27.2 Å². The first kappa shape index (κ1) is 57.0. The highest BCUT2D eigenvalue weighted by Crippen LogP contribution is 2.33. The predicted octanol–water partition coefficient (Wildman–Crippen LogP) is 5.94. The van der Waals surface area contributed by atoms with Gasteiger partial charge in [-0.15, -0.1) is 11.3 Å². The molecule has 3 fully saturated rings. The highest BCUT2D eigenvalue weighted by molar-refractivity contribution is 7.92. The minimum absolute atomic E-state index is 0.00191. The number of hydrogen-bond acceptors (Lipinski definition) is 14. The first-order valence-corrected chi connectivity index (χ1v) is 29.2. The summed E-state index contributed by atoms with van der Waals surface area (Å²) in [6.07, 6.45) is 3.99. The maximum absolute atomic E-state index is 15.6. The van der Waals surface area contributed by atoms with Crippen molar-refractivity contribution in [3.8, 4) is 21.6 Å². The molecule has 6 aromatic rings. The van der Waals surface area contributed by atoms with Gasteiger partial charge in [-0.2, -0.15) is 0 Å². The number of aromatic nitrogens is 3. The van der Waals surface area contributed by atoms with Gasteiger partial charge in [0, 0.05) is 93.4 Å². The lowest BCUT2D eigenvalue weighted by Gasteiger charge is -2.40. The molecule has 0 aliphatic carbocycles. The van der Waals surface area contributed by atoms with Crippen LogP contribution in [-0.4, -0.2) is 161 Å². The summed E-state index contributed by atoms with van der Waals surface area (Å²) in [4.78, 5) is 76.3. The van der Waals surface area contributed by atoms with Gasteiger partial charge in [-0.1, -0.05) is 57.2 Å². The number of carbonyl (C=O) groups is 4. The molecule has 3 aromatic carbocycles. The van der Waals surface area contributed by atoms with Crippen molar-refractivity contribution in [2.75, 3.05) is 80.9 Å². The zero-order valence-electron chi connectivity index (χ0n) is 44.8. The second kappa shape index (κ2) is 24.4. The molecule has 0 unspecified atom stereocenters. The Balaban J connectivity index is 0.728. The molecule has 420 valence electrons. The van der Waals surface area contributed by atoms with Gasteiger partial charge in [-0.3, -0.25) is 33.7 Å². The Labute approximate surface area is 462 Å². The average Bonchev–Trinajstić information content (AvgIpc) is 4.27. The summed E-state index contributed by atoms with van der Waals surface area (Å²) in [5, 5.41) is 26.0. The summed E-state index contributed by atoms with van der Waals surface area (Å²) in [5.74, 6) is -4.52. The van der Waals surface area contributed by atoms with Gasteiger partial charge in [-0.05, 0) is 97.6 Å². The number of amides is 3. The number of aliphatic hydroxyl groups is 2. The monoisotopic (exact) mass is 1120 g/mol. The molecular weight excluding hydrogens is 1050 g/mol. The minimum Gasteiger partial charge on any atom is -0.396 e. The Kier molecular flexibility index (Phi) is 17.6. The summed E-state index contributed by atoms with van der Waals surface area (Å²) in [6, 6.07) is 17.6. The van der Waals surface area contributed by atoms with Crippen LogP contribution in [0.3, 0.4) is 0 Å². The van der Waals surface area contributed by atoms with E-state index in [9.17, 15) is 32.7 Å². The van der Waals surface area contributed by atoms with E-state index in [2.05, 4.69) is 40.3 Å². The number of fused-ring (bicyclic) bond motifs is 1. The standard InChI is InChI=1S/C57H68F2N10O8S2/c1-35-52(78-34-63-35)39-8-6-36(7-9-39)28-62-55(74)47-27-42(71)32-69(47)56(75)53(57(2,3)4)64-48(72)33-66-18-16-37(17-19-66)31-67-20-22-68(23-21-67)41-12-10-38(11-13-41)40-26-43-44(30-61-54(43)60-29-40)51(73)49-45(58)14-15-46(50(49)59)65-79(76,77)25-5-24-70/h6-15,26,29-30,34,37,42,47,53,65,70-71H,5,16-25,27-28,31-33H2,1-4H3,(H,60,61)(H,62,74)(H,64,72)/t42-,47+,53-/m1/s1. The number of nitrogens with one attached hydrogen (secondary N) is 4. The number of thiazole rings is 1. The van der Waals surface area contributed by atoms with E-state index in [0.717, 1.165) is 104 Å². The highest BCUT2D eigenvalue weighted by atomic mass is 32.2. The van der Waals surface area contributed by atoms with Crippen LogP contribution in [0.4, 0.5) is 20.2 Å². The van der Waals surface area contributed by atoms with Gasteiger partial charge < -0.3 is 35.6 Å². The van der Waals surface area contributed by atoms with Crippen molar-refractivity contribution in [1.29, 1.82) is 0 Å². The van der Waals surface area contributed by atoms with Gasteiger partial charge in [0.05, 0.1) is 45.7 Å². The van der Waals surface area contributed by atoms with Crippen molar-refractivity contribution in [1.82, 2.24) is 40.3 Å². The third kappa shape index (κ3) is 13.5. The number of anilines is 2. The van der Waals surface area contributed by atoms with Gasteiger partial charge >= 0.3 is 0 Å². The first-order valence-electron chi connectivity index (χ1n) is 26.7. The average molecular weight is 1120 g/mol. The van der Waals surface area contributed by atoms with Gasteiger partial charge in [0.15, 0.2) is 5.82 Å². The van der Waals surface area contributed by atoms with Gasteiger partial charge in [0.2, 0.25) is 33.5 Å². The summed E-state index contributed by atoms with van der Waals surface area (Å²) in [5.41, 5.74) is 5.38. The van der Waals surface area contributed by atoms with E-state index in [0.29, 0.717) is 22.5 Å². The number of sulfonamides is 1. The lowest BCUT2D eigenvalue weighted by molar-refractivity contribution is -0.144. The van der Waals surface area contributed by atoms with Crippen LogP contribution in [0.25, 0.3) is 32.6 Å². The fraction of sp³-hybridized carbons (Fsp3) is 0.439. The van der Waals surface area contributed by atoms with E-state index < -0.39 is 80.6 Å². The third-order valence-electron chi connectivity index (χ3n) is 15.2. The Morgan fingerprint density at radius 3 is 2.28 bits per heavy atom. The lowest BCUT2D eigenvalue weighted by Crippen LogP contribution is -2.59. The highest BCUT2D eigenvalue weighted by Gasteiger charge is 2.45. The van der Waals surface area contributed by atoms with Crippen LogP contribution in [0.2, 0.25) is 0 Å². The number of β-amino-alcohol motifs (C(OH)–C–C–N with tert-alkyl or cyclic N) is 1. The SMILES string of the molecule is Cc1ncsc1-c1ccc(CNC(=O)[C@@H]2C[C@@H](O)CN2C(=O)[C@@H](NC(=O)CN2CCC(CN3CCN(c4ccc(-c5cnc6[nH]cc(C(=O)c7c(F)ccc(NS(=O)(=O)CCCO)c7F)c6c5)cc4)CC3)CC2)C(C)(C)C)cc1. The molecule has 22 heteroatoms. The Hall–Kier alpha value is -6.69. The number of H-pyrrole nitrogens is 1. The lowest BCUT2D eigenvalue weighted by atomic mass is 9.85. The molecule has 3 saturated heterocycles. The molecule has 0 bridgehead atoms. The fourth-order valence-electron chi connectivity index (χ4n) is 10.7. The number of rotatable bonds is 19. The number of aliphatic hydroxyl groups excluding tert-OH is 2.